The minimum atomic E-state index is -1.72. The molecule has 1 aliphatic heterocycles. The highest BCUT2D eigenvalue weighted by molar-refractivity contribution is 5.91. The van der Waals surface area contributed by atoms with Gasteiger partial charge in [-0.3, -0.25) is 0 Å². The van der Waals surface area contributed by atoms with Gasteiger partial charge in [0.15, 0.2) is 11.5 Å². The van der Waals surface area contributed by atoms with E-state index in [9.17, 15) is 25.2 Å². The first-order valence-electron chi connectivity index (χ1n) is 7.30. The highest BCUT2D eigenvalue weighted by Gasteiger charge is 2.45. The van der Waals surface area contributed by atoms with Crippen molar-refractivity contribution in [3.05, 3.63) is 17.7 Å². The number of aliphatic hydroxyl groups is 4. The minimum Gasteiger partial charge on any atom is -0.502 e. The van der Waals surface area contributed by atoms with E-state index in [0.29, 0.717) is 0 Å². The minimum absolute atomic E-state index is 0.0416. The van der Waals surface area contributed by atoms with Gasteiger partial charge in [-0.25, -0.2) is 4.79 Å². The Kier molecular flexibility index (Phi) is 6.03. The zero-order chi connectivity index (χ0) is 18.7. The fourth-order valence-corrected chi connectivity index (χ4v) is 2.35. The first-order valence-corrected chi connectivity index (χ1v) is 7.30. The van der Waals surface area contributed by atoms with Crippen LogP contribution in [-0.2, 0) is 9.47 Å². The molecule has 1 aromatic rings. The van der Waals surface area contributed by atoms with Crippen LogP contribution in [0.1, 0.15) is 10.4 Å². The lowest BCUT2D eigenvalue weighted by atomic mass is 9.99. The number of esters is 1. The largest absolute Gasteiger partial charge is 0.502 e. The fourth-order valence-electron chi connectivity index (χ4n) is 2.35. The summed E-state index contributed by atoms with van der Waals surface area (Å²) in [7, 11) is 2.56. The Morgan fingerprint density at radius 3 is 2.12 bits per heavy atom. The van der Waals surface area contributed by atoms with Crippen LogP contribution < -0.4 is 9.47 Å². The second-order valence-electron chi connectivity index (χ2n) is 5.33. The Bertz CT molecular complexity index is 591. The van der Waals surface area contributed by atoms with E-state index in [0.717, 1.165) is 0 Å². The monoisotopic (exact) mass is 360 g/mol. The number of benzene rings is 1. The normalized spacial score (nSPS) is 29.1. The number of phenolic OH excluding ortho intramolecular Hbond substituents is 1. The highest BCUT2D eigenvalue weighted by Crippen LogP contribution is 2.37. The smallest absolute Gasteiger partial charge is 0.340 e. The molecule has 1 fully saturated rings. The summed E-state index contributed by atoms with van der Waals surface area (Å²) in [6.07, 6.45) is -7.78. The number of carbonyl (C=O) groups is 1. The zero-order valence-corrected chi connectivity index (χ0v) is 13.5. The van der Waals surface area contributed by atoms with Gasteiger partial charge in [-0.2, -0.15) is 0 Å². The van der Waals surface area contributed by atoms with Gasteiger partial charge in [-0.05, 0) is 12.1 Å². The second kappa shape index (κ2) is 7.85. The Morgan fingerprint density at radius 2 is 1.64 bits per heavy atom. The fraction of sp³-hybridized carbons (Fsp3) is 0.533. The van der Waals surface area contributed by atoms with Crippen LogP contribution in [0.3, 0.4) is 0 Å². The van der Waals surface area contributed by atoms with Gasteiger partial charge in [0.2, 0.25) is 12.0 Å². The van der Waals surface area contributed by atoms with E-state index in [1.165, 1.54) is 26.4 Å². The maximum atomic E-state index is 12.3. The molecular formula is C15H20O10. The molecule has 0 aromatic heterocycles. The predicted molar refractivity (Wildman–Crippen MR) is 80.4 cm³/mol. The van der Waals surface area contributed by atoms with Crippen LogP contribution in [0, 0.1) is 0 Å². The number of carbonyl (C=O) groups excluding carboxylic acids is 1. The SMILES string of the molecule is COc1cc(C(=O)OC2O[C@H](CO)[C@@H](O)[C@H](O)[C@H]2O)cc(OC)c1O. The number of rotatable bonds is 5. The summed E-state index contributed by atoms with van der Waals surface area (Å²) in [6.45, 7) is -0.653. The Hall–Kier alpha value is -2.11. The van der Waals surface area contributed by atoms with Gasteiger partial charge in [-0.1, -0.05) is 0 Å². The summed E-state index contributed by atoms with van der Waals surface area (Å²) >= 11 is 0. The van der Waals surface area contributed by atoms with Crippen LogP contribution in [0.2, 0.25) is 0 Å². The van der Waals surface area contributed by atoms with Crippen molar-refractivity contribution in [3.63, 3.8) is 0 Å². The molecule has 10 nitrogen and oxygen atoms in total. The average Bonchev–Trinajstić information content (AvgIpc) is 2.62. The van der Waals surface area contributed by atoms with Gasteiger partial charge in [0, 0.05) is 0 Å². The highest BCUT2D eigenvalue weighted by atomic mass is 16.7. The van der Waals surface area contributed by atoms with Gasteiger partial charge in [0.25, 0.3) is 0 Å². The molecule has 1 aliphatic rings. The lowest BCUT2D eigenvalue weighted by Crippen LogP contribution is -2.59. The van der Waals surface area contributed by atoms with E-state index in [1.54, 1.807) is 0 Å². The van der Waals surface area contributed by atoms with Crippen molar-refractivity contribution in [2.24, 2.45) is 0 Å². The quantitative estimate of drug-likeness (QED) is 0.386. The van der Waals surface area contributed by atoms with Gasteiger partial charge in [0.1, 0.15) is 24.4 Å². The Morgan fingerprint density at radius 1 is 1.08 bits per heavy atom. The molecule has 2 rings (SSSR count). The molecule has 0 spiro atoms. The van der Waals surface area contributed by atoms with E-state index < -0.39 is 43.3 Å². The van der Waals surface area contributed by atoms with Crippen LogP contribution in [-0.4, -0.2) is 83.0 Å². The van der Waals surface area contributed by atoms with Crippen LogP contribution in [0.5, 0.6) is 17.2 Å². The summed E-state index contributed by atoms with van der Waals surface area (Å²) in [6, 6.07) is 2.37. The van der Waals surface area contributed by atoms with Gasteiger partial charge in [-0.15, -0.1) is 0 Å². The molecule has 0 saturated carbocycles. The van der Waals surface area contributed by atoms with Crippen molar-refractivity contribution in [1.29, 1.82) is 0 Å². The maximum absolute atomic E-state index is 12.3. The van der Waals surface area contributed by atoms with Crippen molar-refractivity contribution in [2.45, 2.75) is 30.7 Å². The third-order valence-corrected chi connectivity index (χ3v) is 3.79. The van der Waals surface area contributed by atoms with Crippen LogP contribution >= 0.6 is 0 Å². The van der Waals surface area contributed by atoms with Crippen LogP contribution in [0.4, 0.5) is 0 Å². The van der Waals surface area contributed by atoms with Crippen molar-refractivity contribution < 1.29 is 49.3 Å². The molecule has 5 atom stereocenters. The van der Waals surface area contributed by atoms with E-state index in [4.69, 9.17) is 24.1 Å². The van der Waals surface area contributed by atoms with E-state index in [2.05, 4.69) is 0 Å². The molecule has 25 heavy (non-hydrogen) atoms. The molecule has 10 heteroatoms. The molecule has 0 amide bonds. The standard InChI is InChI=1S/C15H20O10/c1-22-7-3-6(4-8(23-2)10(7)17)14(21)25-15-13(20)12(19)11(18)9(5-16)24-15/h3-4,9,11-13,15-20H,5H2,1-2H3/t9-,11-,12+,13-,15?/m1/s1. The summed E-state index contributed by atoms with van der Waals surface area (Å²) in [5.41, 5.74) is -0.0801. The first kappa shape index (κ1) is 19.2. The molecule has 1 saturated heterocycles. The predicted octanol–water partition coefficient (Wildman–Crippen LogP) is -1.63. The number of aromatic hydroxyl groups is 1. The lowest BCUT2D eigenvalue weighted by Gasteiger charge is -2.39. The number of phenols is 1. The molecule has 1 unspecified atom stereocenters. The van der Waals surface area contributed by atoms with Crippen molar-refractivity contribution >= 4 is 5.97 Å². The molecule has 1 heterocycles. The number of hydrogen-bond acceptors (Lipinski definition) is 10. The van der Waals surface area contributed by atoms with Gasteiger partial charge >= 0.3 is 5.97 Å². The molecule has 1 aromatic carbocycles. The Balaban J connectivity index is 2.21. The van der Waals surface area contributed by atoms with Crippen molar-refractivity contribution in [2.75, 3.05) is 20.8 Å². The molecule has 140 valence electrons. The summed E-state index contributed by atoms with van der Waals surface area (Å²) in [5.74, 6) is -1.37. The summed E-state index contributed by atoms with van der Waals surface area (Å²) in [4.78, 5) is 12.3. The third kappa shape index (κ3) is 3.78. The zero-order valence-electron chi connectivity index (χ0n) is 13.5. The Labute approximate surface area is 142 Å². The van der Waals surface area contributed by atoms with Crippen LogP contribution in [0.25, 0.3) is 0 Å². The van der Waals surface area contributed by atoms with E-state index in [-0.39, 0.29) is 22.8 Å². The average molecular weight is 360 g/mol. The number of methoxy groups -OCH3 is 2. The second-order valence-corrected chi connectivity index (χ2v) is 5.33. The number of aliphatic hydroxyl groups excluding tert-OH is 4. The maximum Gasteiger partial charge on any atom is 0.340 e. The summed E-state index contributed by atoms with van der Waals surface area (Å²) < 4.78 is 19.9. The molecular weight excluding hydrogens is 340 g/mol. The molecule has 5 N–H and O–H groups in total. The van der Waals surface area contributed by atoms with Crippen molar-refractivity contribution in [3.8, 4) is 17.2 Å². The van der Waals surface area contributed by atoms with Crippen molar-refractivity contribution in [1.82, 2.24) is 0 Å². The molecule has 0 radical (unpaired) electrons. The lowest BCUT2D eigenvalue weighted by molar-refractivity contribution is -0.285. The molecule has 0 bridgehead atoms. The van der Waals surface area contributed by atoms with Gasteiger partial charge in [0.05, 0.1) is 26.4 Å². The molecule has 0 aliphatic carbocycles. The number of hydrogen-bond donors (Lipinski definition) is 5. The third-order valence-electron chi connectivity index (χ3n) is 3.79. The van der Waals surface area contributed by atoms with Crippen LogP contribution in [0.15, 0.2) is 12.1 Å². The number of ether oxygens (including phenoxy) is 4. The summed E-state index contributed by atoms with van der Waals surface area (Å²) in [5, 5.41) is 48.2. The van der Waals surface area contributed by atoms with Gasteiger partial charge < -0.3 is 44.5 Å². The van der Waals surface area contributed by atoms with E-state index in [1.807, 2.05) is 0 Å². The topological polar surface area (TPSA) is 155 Å². The first-order chi connectivity index (χ1) is 11.8. The van der Waals surface area contributed by atoms with E-state index >= 15 is 0 Å².